The lowest BCUT2D eigenvalue weighted by Crippen LogP contribution is -2.32. The van der Waals surface area contributed by atoms with Crippen molar-refractivity contribution in [3.8, 4) is 0 Å². The van der Waals surface area contributed by atoms with Crippen LogP contribution in [0.1, 0.15) is 49.7 Å². The molecule has 1 aromatic heterocycles. The molecule has 2 nitrogen and oxygen atoms in total. The van der Waals surface area contributed by atoms with E-state index in [4.69, 9.17) is 0 Å². The molecule has 0 aromatic carbocycles. The molecule has 3 heteroatoms. The Morgan fingerprint density at radius 1 is 1.33 bits per heavy atom. The maximum Gasteiger partial charge on any atom is 0.0897 e. The highest BCUT2D eigenvalue weighted by Crippen LogP contribution is 2.32. The number of thiazole rings is 1. The fourth-order valence-electron chi connectivity index (χ4n) is 3.06. The number of nitrogens with one attached hydrogen (secondary N) is 1. The van der Waals surface area contributed by atoms with Gasteiger partial charge in [-0.05, 0) is 57.5 Å². The van der Waals surface area contributed by atoms with Crippen molar-refractivity contribution in [3.63, 3.8) is 0 Å². The normalized spacial score (nSPS) is 24.3. The number of hydrogen-bond acceptors (Lipinski definition) is 3. The fourth-order valence-corrected chi connectivity index (χ4v) is 3.68. The van der Waals surface area contributed by atoms with Crippen molar-refractivity contribution in [3.05, 3.63) is 16.1 Å². The molecule has 0 amide bonds. The average Bonchev–Trinajstić information content (AvgIpc) is 2.77. The van der Waals surface area contributed by atoms with Crippen molar-refractivity contribution in [2.75, 3.05) is 13.1 Å². The Labute approximate surface area is 115 Å². The van der Waals surface area contributed by atoms with E-state index in [9.17, 15) is 0 Å². The molecule has 0 spiro atoms. The van der Waals surface area contributed by atoms with Crippen molar-refractivity contribution < 1.29 is 0 Å². The summed E-state index contributed by atoms with van der Waals surface area (Å²) in [6, 6.07) is 0. The van der Waals surface area contributed by atoms with Crippen LogP contribution >= 0.6 is 11.3 Å². The number of aromatic nitrogens is 1. The van der Waals surface area contributed by atoms with E-state index < -0.39 is 0 Å². The van der Waals surface area contributed by atoms with Crippen molar-refractivity contribution in [1.82, 2.24) is 10.3 Å². The Hall–Kier alpha value is -0.410. The maximum atomic E-state index is 4.63. The zero-order valence-electron chi connectivity index (χ0n) is 11.7. The molecule has 2 rings (SSSR count). The van der Waals surface area contributed by atoms with Gasteiger partial charge in [-0.15, -0.1) is 11.3 Å². The molecule has 0 aliphatic heterocycles. The Balaban J connectivity index is 1.86. The first-order chi connectivity index (χ1) is 8.79. The van der Waals surface area contributed by atoms with Gasteiger partial charge in [0.25, 0.3) is 0 Å². The molecule has 1 saturated carbocycles. The largest absolute Gasteiger partial charge is 0.316 e. The first-order valence-electron chi connectivity index (χ1n) is 7.41. The number of rotatable bonds is 6. The smallest absolute Gasteiger partial charge is 0.0897 e. The van der Waals surface area contributed by atoms with Gasteiger partial charge in [0, 0.05) is 5.38 Å². The standard InChI is InChI=1S/C15H26N2S/c1-3-8-16-10-14-7-5-4-6-13(14)9-15-11-18-12(2)17-15/h11,13-14,16H,3-10H2,1-2H3. The Morgan fingerprint density at radius 3 is 2.78 bits per heavy atom. The summed E-state index contributed by atoms with van der Waals surface area (Å²) in [5.41, 5.74) is 1.32. The van der Waals surface area contributed by atoms with Crippen LogP contribution in [0, 0.1) is 18.8 Å². The van der Waals surface area contributed by atoms with E-state index in [2.05, 4.69) is 29.5 Å². The first kappa shape index (κ1) is 14.0. The molecular formula is C15H26N2S. The molecule has 1 aromatic rings. The van der Waals surface area contributed by atoms with Crippen LogP contribution in [0.3, 0.4) is 0 Å². The van der Waals surface area contributed by atoms with Crippen LogP contribution in [0.2, 0.25) is 0 Å². The molecule has 102 valence electrons. The van der Waals surface area contributed by atoms with Gasteiger partial charge in [0.15, 0.2) is 0 Å². The lowest BCUT2D eigenvalue weighted by Gasteiger charge is -2.31. The van der Waals surface area contributed by atoms with E-state index >= 15 is 0 Å². The molecule has 2 atom stereocenters. The summed E-state index contributed by atoms with van der Waals surface area (Å²) in [5, 5.41) is 7.07. The lowest BCUT2D eigenvalue weighted by molar-refractivity contribution is 0.227. The number of aryl methyl sites for hydroxylation is 1. The van der Waals surface area contributed by atoms with E-state index in [1.807, 2.05) is 0 Å². The van der Waals surface area contributed by atoms with Crippen LogP contribution in [0.4, 0.5) is 0 Å². The molecule has 18 heavy (non-hydrogen) atoms. The summed E-state index contributed by atoms with van der Waals surface area (Å²) in [5.74, 6) is 1.72. The van der Waals surface area contributed by atoms with E-state index in [1.165, 1.54) is 62.3 Å². The minimum atomic E-state index is 0.851. The van der Waals surface area contributed by atoms with E-state index in [0.29, 0.717) is 0 Å². The summed E-state index contributed by atoms with van der Waals surface area (Å²) in [6.45, 7) is 6.72. The van der Waals surface area contributed by atoms with Gasteiger partial charge in [0.1, 0.15) is 0 Å². The minimum absolute atomic E-state index is 0.851. The van der Waals surface area contributed by atoms with Crippen LogP contribution in [0.5, 0.6) is 0 Å². The zero-order chi connectivity index (χ0) is 12.8. The first-order valence-corrected chi connectivity index (χ1v) is 8.29. The second-order valence-electron chi connectivity index (χ2n) is 5.57. The van der Waals surface area contributed by atoms with Gasteiger partial charge < -0.3 is 5.32 Å². The third-order valence-electron chi connectivity index (χ3n) is 4.04. The van der Waals surface area contributed by atoms with Gasteiger partial charge in [-0.2, -0.15) is 0 Å². The monoisotopic (exact) mass is 266 g/mol. The third-order valence-corrected chi connectivity index (χ3v) is 4.86. The maximum absolute atomic E-state index is 4.63. The Kier molecular flexibility index (Phi) is 5.64. The van der Waals surface area contributed by atoms with Crippen molar-refractivity contribution in [1.29, 1.82) is 0 Å². The van der Waals surface area contributed by atoms with Gasteiger partial charge in [-0.25, -0.2) is 4.98 Å². The fraction of sp³-hybridized carbons (Fsp3) is 0.800. The Morgan fingerprint density at radius 2 is 2.11 bits per heavy atom. The molecule has 0 saturated heterocycles. The second kappa shape index (κ2) is 7.25. The quantitative estimate of drug-likeness (QED) is 0.792. The van der Waals surface area contributed by atoms with Crippen molar-refractivity contribution >= 4 is 11.3 Å². The summed E-state index contributed by atoms with van der Waals surface area (Å²) in [6.07, 6.45) is 8.08. The molecule has 1 heterocycles. The van der Waals surface area contributed by atoms with E-state index in [-0.39, 0.29) is 0 Å². The van der Waals surface area contributed by atoms with Crippen LogP contribution in [-0.2, 0) is 6.42 Å². The summed E-state index contributed by atoms with van der Waals surface area (Å²) in [4.78, 5) is 4.63. The summed E-state index contributed by atoms with van der Waals surface area (Å²) < 4.78 is 0. The second-order valence-corrected chi connectivity index (χ2v) is 6.63. The molecular weight excluding hydrogens is 240 g/mol. The molecule has 1 aliphatic rings. The van der Waals surface area contributed by atoms with E-state index in [0.717, 1.165) is 11.8 Å². The molecule has 0 bridgehead atoms. The number of hydrogen-bond donors (Lipinski definition) is 1. The van der Waals surface area contributed by atoms with Crippen LogP contribution in [-0.4, -0.2) is 18.1 Å². The predicted octanol–water partition coefficient (Wildman–Crippen LogP) is 3.80. The molecule has 1 aliphatic carbocycles. The third kappa shape index (κ3) is 4.06. The van der Waals surface area contributed by atoms with Gasteiger partial charge in [0.05, 0.1) is 10.7 Å². The number of nitrogens with zero attached hydrogens (tertiary/aromatic N) is 1. The highest BCUT2D eigenvalue weighted by molar-refractivity contribution is 7.09. The van der Waals surface area contributed by atoms with Crippen molar-refractivity contribution in [2.24, 2.45) is 11.8 Å². The minimum Gasteiger partial charge on any atom is -0.316 e. The van der Waals surface area contributed by atoms with Crippen LogP contribution < -0.4 is 5.32 Å². The topological polar surface area (TPSA) is 24.9 Å². The van der Waals surface area contributed by atoms with Gasteiger partial charge in [-0.1, -0.05) is 19.8 Å². The van der Waals surface area contributed by atoms with Gasteiger partial charge in [-0.3, -0.25) is 0 Å². The van der Waals surface area contributed by atoms with Crippen LogP contribution in [0.25, 0.3) is 0 Å². The molecule has 0 radical (unpaired) electrons. The molecule has 1 fully saturated rings. The van der Waals surface area contributed by atoms with Crippen molar-refractivity contribution in [2.45, 2.75) is 52.4 Å². The van der Waals surface area contributed by atoms with Gasteiger partial charge >= 0.3 is 0 Å². The average molecular weight is 266 g/mol. The Bertz CT molecular complexity index is 348. The van der Waals surface area contributed by atoms with Gasteiger partial charge in [0.2, 0.25) is 0 Å². The van der Waals surface area contributed by atoms with E-state index in [1.54, 1.807) is 11.3 Å². The van der Waals surface area contributed by atoms with Crippen LogP contribution in [0.15, 0.2) is 5.38 Å². The highest BCUT2D eigenvalue weighted by atomic mass is 32.1. The predicted molar refractivity (Wildman–Crippen MR) is 79.2 cm³/mol. The summed E-state index contributed by atoms with van der Waals surface area (Å²) in [7, 11) is 0. The summed E-state index contributed by atoms with van der Waals surface area (Å²) >= 11 is 1.79. The SMILES string of the molecule is CCCNCC1CCCCC1Cc1csc(C)n1. The molecule has 1 N–H and O–H groups in total. The lowest BCUT2D eigenvalue weighted by atomic mass is 9.77. The molecule has 2 unspecified atom stereocenters. The zero-order valence-corrected chi connectivity index (χ0v) is 12.6. The highest BCUT2D eigenvalue weighted by Gasteiger charge is 2.25.